The fourth-order valence-corrected chi connectivity index (χ4v) is 1.95. The first-order valence-corrected chi connectivity index (χ1v) is 7.48. The number of hydrogen-bond donors (Lipinski definition) is 2. The Morgan fingerprint density at radius 3 is 2.72 bits per heavy atom. The zero-order chi connectivity index (χ0) is 13.6. The summed E-state index contributed by atoms with van der Waals surface area (Å²) in [4.78, 5) is 0. The van der Waals surface area contributed by atoms with Crippen molar-refractivity contribution < 1.29 is 13.2 Å². The minimum atomic E-state index is -3.45. The average Bonchev–Trinajstić information content (AvgIpc) is 2.32. The van der Waals surface area contributed by atoms with Crippen molar-refractivity contribution in [2.45, 2.75) is 25.0 Å². The number of rotatable bonds is 7. The predicted octanol–water partition coefficient (Wildman–Crippen LogP) is 0.634. The van der Waals surface area contributed by atoms with Crippen LogP contribution in [0.15, 0.2) is 24.3 Å². The molecule has 0 heterocycles. The summed E-state index contributed by atoms with van der Waals surface area (Å²) in [7, 11) is -3.45. The molecule has 0 bridgehead atoms. The van der Waals surface area contributed by atoms with Crippen LogP contribution in [0.2, 0.25) is 0 Å². The van der Waals surface area contributed by atoms with Crippen LogP contribution in [-0.4, -0.2) is 26.8 Å². The van der Waals surface area contributed by atoms with E-state index in [0.29, 0.717) is 26.0 Å². The monoisotopic (exact) mass is 272 g/mol. The van der Waals surface area contributed by atoms with E-state index in [1.165, 1.54) is 0 Å². The van der Waals surface area contributed by atoms with Crippen LogP contribution < -0.4 is 15.6 Å². The highest BCUT2D eigenvalue weighted by atomic mass is 32.2. The van der Waals surface area contributed by atoms with Crippen LogP contribution in [0.25, 0.3) is 0 Å². The van der Waals surface area contributed by atoms with Crippen LogP contribution in [0, 0.1) is 0 Å². The number of benzene rings is 1. The van der Waals surface area contributed by atoms with Crippen molar-refractivity contribution in [1.29, 1.82) is 0 Å². The lowest BCUT2D eigenvalue weighted by Crippen LogP contribution is -2.26. The third kappa shape index (κ3) is 5.03. The van der Waals surface area contributed by atoms with Gasteiger partial charge in [-0.2, -0.15) is 0 Å². The van der Waals surface area contributed by atoms with Crippen LogP contribution in [0.1, 0.15) is 18.9 Å². The Kier molecular flexibility index (Phi) is 5.58. The molecule has 102 valence electrons. The summed E-state index contributed by atoms with van der Waals surface area (Å²) in [6, 6.07) is 7.56. The molecule has 0 radical (unpaired) electrons. The number of primary sulfonamides is 1. The molecule has 1 unspecified atom stereocenters. The average molecular weight is 272 g/mol. The van der Waals surface area contributed by atoms with Gasteiger partial charge >= 0.3 is 0 Å². The summed E-state index contributed by atoms with van der Waals surface area (Å²) in [6.45, 7) is 2.55. The molecule has 5 nitrogen and oxygen atoms in total. The van der Waals surface area contributed by atoms with Gasteiger partial charge in [-0.1, -0.05) is 12.1 Å². The van der Waals surface area contributed by atoms with Gasteiger partial charge in [-0.3, -0.25) is 0 Å². The molecule has 1 rings (SSSR count). The normalized spacial score (nSPS) is 13.3. The highest BCUT2D eigenvalue weighted by Crippen LogP contribution is 2.16. The summed E-state index contributed by atoms with van der Waals surface area (Å²) in [5, 5.41) is 4.54. The van der Waals surface area contributed by atoms with E-state index in [1.807, 2.05) is 24.3 Å². The zero-order valence-corrected chi connectivity index (χ0v) is 11.3. The zero-order valence-electron chi connectivity index (χ0n) is 10.5. The van der Waals surface area contributed by atoms with Crippen LogP contribution in [-0.2, 0) is 16.4 Å². The van der Waals surface area contributed by atoms with Gasteiger partial charge in [0.2, 0.25) is 10.0 Å². The van der Waals surface area contributed by atoms with Gasteiger partial charge in [-0.15, -0.1) is 0 Å². The first kappa shape index (κ1) is 14.9. The lowest BCUT2D eigenvalue weighted by molar-refractivity contribution is 0.328. The van der Waals surface area contributed by atoms with Crippen molar-refractivity contribution in [2.24, 2.45) is 10.9 Å². The maximum absolute atomic E-state index is 11.1. The number of nitrogens with two attached hydrogens (primary N) is 2. The molecule has 0 aliphatic rings. The molecule has 1 aromatic carbocycles. The molecule has 18 heavy (non-hydrogen) atoms. The summed E-state index contributed by atoms with van der Waals surface area (Å²) >= 11 is 0. The largest absolute Gasteiger partial charge is 0.492 e. The molecule has 4 N–H and O–H groups in total. The van der Waals surface area contributed by atoms with Crippen molar-refractivity contribution in [3.05, 3.63) is 29.8 Å². The van der Waals surface area contributed by atoms with Crippen LogP contribution >= 0.6 is 0 Å². The number of aryl methyl sites for hydroxylation is 1. The minimum Gasteiger partial charge on any atom is -0.492 e. The van der Waals surface area contributed by atoms with Crippen LogP contribution in [0.3, 0.4) is 0 Å². The topological polar surface area (TPSA) is 95.4 Å². The Morgan fingerprint density at radius 1 is 1.39 bits per heavy atom. The smallest absolute Gasteiger partial charge is 0.211 e. The first-order chi connectivity index (χ1) is 8.43. The maximum Gasteiger partial charge on any atom is 0.211 e. The molecule has 0 spiro atoms. The SMILES string of the molecule is CC(CCc1cccc(OCCN)c1)S(N)(=O)=O. The van der Waals surface area contributed by atoms with Crippen molar-refractivity contribution in [2.75, 3.05) is 13.2 Å². The molecule has 0 aliphatic carbocycles. The second-order valence-electron chi connectivity index (χ2n) is 4.22. The standard InChI is InChI=1S/C12H20N2O3S/c1-10(18(14,15)16)5-6-11-3-2-4-12(9-11)17-8-7-13/h2-4,9-10H,5-8,13H2,1H3,(H2,14,15,16). The van der Waals surface area contributed by atoms with Crippen molar-refractivity contribution in [3.8, 4) is 5.75 Å². The lowest BCUT2D eigenvalue weighted by atomic mass is 10.1. The Bertz CT molecular complexity index is 474. The lowest BCUT2D eigenvalue weighted by Gasteiger charge is -2.10. The highest BCUT2D eigenvalue weighted by molar-refractivity contribution is 7.89. The van der Waals surface area contributed by atoms with Crippen molar-refractivity contribution in [1.82, 2.24) is 0 Å². The summed E-state index contributed by atoms with van der Waals surface area (Å²) in [5.74, 6) is 0.751. The molecular weight excluding hydrogens is 252 g/mol. The summed E-state index contributed by atoms with van der Waals surface area (Å²) in [5.41, 5.74) is 6.38. The van der Waals surface area contributed by atoms with Gasteiger partial charge in [0.25, 0.3) is 0 Å². The molecule has 6 heteroatoms. The highest BCUT2D eigenvalue weighted by Gasteiger charge is 2.15. The Labute approximate surface area is 108 Å². The van der Waals surface area contributed by atoms with E-state index >= 15 is 0 Å². The van der Waals surface area contributed by atoms with Crippen LogP contribution in [0.5, 0.6) is 5.75 Å². The molecule has 1 aromatic rings. The summed E-state index contributed by atoms with van der Waals surface area (Å²) in [6.07, 6.45) is 1.15. The molecule has 0 aliphatic heterocycles. The second-order valence-corrected chi connectivity index (χ2v) is 6.21. The van der Waals surface area contributed by atoms with Gasteiger partial charge < -0.3 is 10.5 Å². The maximum atomic E-state index is 11.1. The number of ether oxygens (including phenoxy) is 1. The van der Waals surface area contributed by atoms with E-state index in [2.05, 4.69) is 0 Å². The molecule has 0 fully saturated rings. The van der Waals surface area contributed by atoms with Gasteiger partial charge in [0, 0.05) is 6.54 Å². The van der Waals surface area contributed by atoms with E-state index in [1.54, 1.807) is 6.92 Å². The van der Waals surface area contributed by atoms with Gasteiger partial charge in [-0.05, 0) is 37.5 Å². The third-order valence-electron chi connectivity index (χ3n) is 2.69. The molecule has 0 saturated carbocycles. The van der Waals surface area contributed by atoms with E-state index in [4.69, 9.17) is 15.6 Å². The third-order valence-corrected chi connectivity index (χ3v) is 4.04. The van der Waals surface area contributed by atoms with E-state index in [9.17, 15) is 8.42 Å². The molecule has 0 saturated heterocycles. The van der Waals surface area contributed by atoms with Gasteiger partial charge in [0.05, 0.1) is 5.25 Å². The Balaban J connectivity index is 2.57. The van der Waals surface area contributed by atoms with Gasteiger partial charge in [0.1, 0.15) is 12.4 Å². The quantitative estimate of drug-likeness (QED) is 0.761. The van der Waals surface area contributed by atoms with Gasteiger partial charge in [0.15, 0.2) is 0 Å². The fraction of sp³-hybridized carbons (Fsp3) is 0.500. The molecule has 0 amide bonds. The minimum absolute atomic E-state index is 0.465. The van der Waals surface area contributed by atoms with E-state index < -0.39 is 15.3 Å². The predicted molar refractivity (Wildman–Crippen MR) is 71.9 cm³/mol. The molecular formula is C12H20N2O3S. The Morgan fingerprint density at radius 2 is 2.11 bits per heavy atom. The number of sulfonamides is 1. The fourth-order valence-electron chi connectivity index (χ4n) is 1.50. The van der Waals surface area contributed by atoms with Crippen molar-refractivity contribution in [3.63, 3.8) is 0 Å². The molecule has 0 aromatic heterocycles. The Hall–Kier alpha value is -1.11. The second kappa shape index (κ2) is 6.72. The van der Waals surface area contributed by atoms with E-state index in [-0.39, 0.29) is 0 Å². The summed E-state index contributed by atoms with van der Waals surface area (Å²) < 4.78 is 27.6. The first-order valence-electron chi connectivity index (χ1n) is 5.87. The van der Waals surface area contributed by atoms with Gasteiger partial charge in [-0.25, -0.2) is 13.6 Å². The van der Waals surface area contributed by atoms with Crippen LogP contribution in [0.4, 0.5) is 0 Å². The van der Waals surface area contributed by atoms with Crippen molar-refractivity contribution >= 4 is 10.0 Å². The van der Waals surface area contributed by atoms with E-state index in [0.717, 1.165) is 11.3 Å². The molecule has 1 atom stereocenters. The number of hydrogen-bond acceptors (Lipinski definition) is 4.